The van der Waals surface area contributed by atoms with E-state index >= 15 is 0 Å². The third-order valence-electron chi connectivity index (χ3n) is 2.73. The molecule has 0 fully saturated rings. The zero-order chi connectivity index (χ0) is 13.7. The SMILES string of the molecule is CC(NC(=O)C(C#N)c1ccccc1)c1ncn[nH]1. The predicted octanol–water partition coefficient (Wildman–Crippen LogP) is 1.29. The van der Waals surface area contributed by atoms with Gasteiger partial charge in [0.2, 0.25) is 5.91 Å². The van der Waals surface area contributed by atoms with E-state index in [-0.39, 0.29) is 11.9 Å². The van der Waals surface area contributed by atoms with Crippen LogP contribution in [0.1, 0.15) is 30.3 Å². The Balaban J connectivity index is 2.09. The van der Waals surface area contributed by atoms with Gasteiger partial charge in [-0.3, -0.25) is 9.89 Å². The summed E-state index contributed by atoms with van der Waals surface area (Å²) in [5.41, 5.74) is 0.673. The molecule has 6 nitrogen and oxygen atoms in total. The minimum Gasteiger partial charge on any atom is -0.345 e. The number of H-pyrrole nitrogens is 1. The summed E-state index contributed by atoms with van der Waals surface area (Å²) in [4.78, 5) is 16.0. The molecular formula is C13H13N5O. The lowest BCUT2D eigenvalue weighted by atomic mass is 9.99. The van der Waals surface area contributed by atoms with E-state index in [1.807, 2.05) is 12.1 Å². The Morgan fingerprint density at radius 2 is 2.16 bits per heavy atom. The molecule has 0 radical (unpaired) electrons. The van der Waals surface area contributed by atoms with E-state index in [1.165, 1.54) is 6.33 Å². The molecule has 1 heterocycles. The van der Waals surface area contributed by atoms with Gasteiger partial charge < -0.3 is 5.32 Å². The summed E-state index contributed by atoms with van der Waals surface area (Å²) in [5.74, 6) is -0.623. The van der Waals surface area contributed by atoms with Crippen LogP contribution in [0.3, 0.4) is 0 Å². The number of nitrogens with zero attached hydrogens (tertiary/aromatic N) is 3. The number of benzene rings is 1. The maximum atomic E-state index is 12.1. The zero-order valence-corrected chi connectivity index (χ0v) is 10.4. The van der Waals surface area contributed by atoms with E-state index < -0.39 is 5.92 Å². The normalized spacial score (nSPS) is 13.3. The summed E-state index contributed by atoms with van der Waals surface area (Å²) >= 11 is 0. The van der Waals surface area contributed by atoms with Gasteiger partial charge in [0.1, 0.15) is 18.1 Å². The Bertz CT molecular complexity index is 573. The minimum absolute atomic E-state index is 0.324. The van der Waals surface area contributed by atoms with Crippen molar-refractivity contribution in [2.75, 3.05) is 0 Å². The highest BCUT2D eigenvalue weighted by molar-refractivity contribution is 5.86. The van der Waals surface area contributed by atoms with Crippen molar-refractivity contribution < 1.29 is 4.79 Å². The van der Waals surface area contributed by atoms with Crippen LogP contribution >= 0.6 is 0 Å². The molecule has 2 rings (SSSR count). The number of aromatic nitrogens is 3. The Morgan fingerprint density at radius 1 is 1.42 bits per heavy atom. The smallest absolute Gasteiger partial charge is 0.242 e. The number of carbonyl (C=O) groups is 1. The molecule has 1 amide bonds. The second-order valence-corrected chi connectivity index (χ2v) is 4.07. The van der Waals surface area contributed by atoms with Gasteiger partial charge in [-0.2, -0.15) is 10.4 Å². The molecule has 0 aliphatic carbocycles. The average molecular weight is 255 g/mol. The van der Waals surface area contributed by atoms with Crippen LogP contribution in [0.4, 0.5) is 0 Å². The first kappa shape index (κ1) is 12.8. The summed E-state index contributed by atoms with van der Waals surface area (Å²) in [7, 11) is 0. The molecule has 2 atom stereocenters. The first-order chi connectivity index (χ1) is 9.22. The number of nitriles is 1. The van der Waals surface area contributed by atoms with Crippen LogP contribution in [0.15, 0.2) is 36.7 Å². The van der Waals surface area contributed by atoms with Crippen molar-refractivity contribution in [2.45, 2.75) is 18.9 Å². The second kappa shape index (κ2) is 5.78. The molecule has 2 N–H and O–H groups in total. The van der Waals surface area contributed by atoms with E-state index in [4.69, 9.17) is 5.26 Å². The molecule has 0 spiro atoms. The fourth-order valence-corrected chi connectivity index (χ4v) is 1.72. The molecular weight excluding hydrogens is 242 g/mol. The third-order valence-corrected chi connectivity index (χ3v) is 2.73. The average Bonchev–Trinajstić information content (AvgIpc) is 2.94. The van der Waals surface area contributed by atoms with Crippen molar-refractivity contribution in [2.24, 2.45) is 0 Å². The topological polar surface area (TPSA) is 94.5 Å². The Morgan fingerprint density at radius 3 is 2.74 bits per heavy atom. The molecule has 19 heavy (non-hydrogen) atoms. The van der Waals surface area contributed by atoms with Gasteiger partial charge in [0, 0.05) is 0 Å². The monoisotopic (exact) mass is 255 g/mol. The van der Waals surface area contributed by atoms with E-state index in [9.17, 15) is 4.79 Å². The largest absolute Gasteiger partial charge is 0.345 e. The predicted molar refractivity (Wildman–Crippen MR) is 67.7 cm³/mol. The quantitative estimate of drug-likeness (QED) is 0.860. The first-order valence-electron chi connectivity index (χ1n) is 5.82. The van der Waals surface area contributed by atoms with Crippen LogP contribution in [-0.4, -0.2) is 21.1 Å². The number of amides is 1. The molecule has 0 aliphatic heterocycles. The molecule has 0 saturated heterocycles. The highest BCUT2D eigenvalue weighted by atomic mass is 16.1. The van der Waals surface area contributed by atoms with Crippen LogP contribution < -0.4 is 5.32 Å². The minimum atomic E-state index is -0.827. The van der Waals surface area contributed by atoms with E-state index in [0.717, 1.165) is 0 Å². The number of hydrogen-bond acceptors (Lipinski definition) is 4. The van der Waals surface area contributed by atoms with Gasteiger partial charge in [-0.15, -0.1) is 0 Å². The summed E-state index contributed by atoms with van der Waals surface area (Å²) in [6, 6.07) is 10.6. The van der Waals surface area contributed by atoms with Crippen LogP contribution in [0.5, 0.6) is 0 Å². The highest BCUT2D eigenvalue weighted by Crippen LogP contribution is 2.16. The van der Waals surface area contributed by atoms with Crippen molar-refractivity contribution in [3.05, 3.63) is 48.0 Å². The Kier molecular flexibility index (Phi) is 3.88. The Labute approximate surface area is 110 Å². The van der Waals surface area contributed by atoms with Crippen LogP contribution in [-0.2, 0) is 4.79 Å². The Hall–Kier alpha value is -2.68. The summed E-state index contributed by atoms with van der Waals surface area (Å²) < 4.78 is 0. The molecule has 2 unspecified atom stereocenters. The van der Waals surface area contributed by atoms with E-state index in [0.29, 0.717) is 11.4 Å². The van der Waals surface area contributed by atoms with Crippen molar-refractivity contribution in [1.82, 2.24) is 20.5 Å². The number of aromatic amines is 1. The number of nitrogens with one attached hydrogen (secondary N) is 2. The maximum Gasteiger partial charge on any atom is 0.242 e. The van der Waals surface area contributed by atoms with E-state index in [1.54, 1.807) is 31.2 Å². The molecule has 0 saturated carbocycles. The first-order valence-corrected chi connectivity index (χ1v) is 5.82. The fraction of sp³-hybridized carbons (Fsp3) is 0.231. The van der Waals surface area contributed by atoms with Gasteiger partial charge in [0.25, 0.3) is 0 Å². The van der Waals surface area contributed by atoms with Gasteiger partial charge in [0.05, 0.1) is 12.1 Å². The lowest BCUT2D eigenvalue weighted by Gasteiger charge is -2.14. The van der Waals surface area contributed by atoms with Gasteiger partial charge in [-0.1, -0.05) is 30.3 Å². The van der Waals surface area contributed by atoms with Crippen molar-refractivity contribution in [3.8, 4) is 6.07 Å². The molecule has 96 valence electrons. The molecule has 0 bridgehead atoms. The van der Waals surface area contributed by atoms with Crippen LogP contribution in [0, 0.1) is 11.3 Å². The number of rotatable bonds is 4. The summed E-state index contributed by atoms with van der Waals surface area (Å²) in [6.45, 7) is 1.78. The van der Waals surface area contributed by atoms with Crippen molar-refractivity contribution >= 4 is 5.91 Å². The summed E-state index contributed by atoms with van der Waals surface area (Å²) in [6.07, 6.45) is 1.37. The highest BCUT2D eigenvalue weighted by Gasteiger charge is 2.22. The lowest BCUT2D eigenvalue weighted by molar-refractivity contribution is -0.122. The molecule has 2 aromatic rings. The van der Waals surface area contributed by atoms with Crippen molar-refractivity contribution in [3.63, 3.8) is 0 Å². The number of hydrogen-bond donors (Lipinski definition) is 2. The third kappa shape index (κ3) is 2.96. The van der Waals surface area contributed by atoms with Gasteiger partial charge in [-0.25, -0.2) is 4.98 Å². The molecule has 0 aliphatic rings. The number of carbonyl (C=O) groups excluding carboxylic acids is 1. The van der Waals surface area contributed by atoms with Crippen LogP contribution in [0.2, 0.25) is 0 Å². The fourth-order valence-electron chi connectivity index (χ4n) is 1.72. The molecule has 6 heteroatoms. The molecule has 1 aromatic heterocycles. The summed E-state index contributed by atoms with van der Waals surface area (Å²) in [5, 5.41) is 18.3. The van der Waals surface area contributed by atoms with Crippen LogP contribution in [0.25, 0.3) is 0 Å². The maximum absolute atomic E-state index is 12.1. The van der Waals surface area contributed by atoms with Gasteiger partial charge >= 0.3 is 0 Å². The second-order valence-electron chi connectivity index (χ2n) is 4.07. The van der Waals surface area contributed by atoms with Gasteiger partial charge in [-0.05, 0) is 12.5 Å². The van der Waals surface area contributed by atoms with Crippen molar-refractivity contribution in [1.29, 1.82) is 5.26 Å². The van der Waals surface area contributed by atoms with E-state index in [2.05, 4.69) is 20.5 Å². The molecule has 1 aromatic carbocycles. The zero-order valence-electron chi connectivity index (χ0n) is 10.4. The van der Waals surface area contributed by atoms with Gasteiger partial charge in [0.15, 0.2) is 0 Å². The standard InChI is InChI=1S/C13H13N5O/c1-9(12-15-8-16-18-12)17-13(19)11(7-14)10-5-3-2-4-6-10/h2-6,8-9,11H,1H3,(H,17,19)(H,15,16,18). The lowest BCUT2D eigenvalue weighted by Crippen LogP contribution is -2.31.